The van der Waals surface area contributed by atoms with Gasteiger partial charge in [0, 0.05) is 26.1 Å². The molecule has 18 heavy (non-hydrogen) atoms. The predicted octanol–water partition coefficient (Wildman–Crippen LogP) is 1.43. The van der Waals surface area contributed by atoms with Gasteiger partial charge in [0.1, 0.15) is 0 Å². The van der Waals surface area contributed by atoms with Crippen LogP contribution < -0.4 is 11.1 Å². The molecule has 0 fully saturated rings. The van der Waals surface area contributed by atoms with Gasteiger partial charge in [-0.05, 0) is 17.5 Å². The lowest BCUT2D eigenvalue weighted by Gasteiger charge is -2.14. The van der Waals surface area contributed by atoms with Gasteiger partial charge in [0.15, 0.2) is 0 Å². The van der Waals surface area contributed by atoms with E-state index in [2.05, 4.69) is 5.32 Å². The van der Waals surface area contributed by atoms with Crippen molar-refractivity contribution in [1.82, 2.24) is 5.32 Å². The summed E-state index contributed by atoms with van der Waals surface area (Å²) in [6, 6.07) is 7.93. The first kappa shape index (κ1) is 14.7. The average Bonchev–Trinajstić information content (AvgIpc) is 2.39. The van der Waals surface area contributed by atoms with E-state index in [0.717, 1.165) is 17.5 Å². The third kappa shape index (κ3) is 4.13. The van der Waals surface area contributed by atoms with E-state index < -0.39 is 0 Å². The molecule has 0 heterocycles. The number of benzene rings is 1. The highest BCUT2D eigenvalue weighted by Gasteiger charge is 2.14. The van der Waals surface area contributed by atoms with Crippen LogP contribution in [0.3, 0.4) is 0 Å². The van der Waals surface area contributed by atoms with Gasteiger partial charge in [-0.3, -0.25) is 4.79 Å². The molecule has 0 saturated heterocycles. The molecule has 0 radical (unpaired) electrons. The minimum Gasteiger partial charge on any atom is -0.380 e. The molecular weight excluding hydrogens is 228 g/mol. The summed E-state index contributed by atoms with van der Waals surface area (Å²) < 4.78 is 5.13. The van der Waals surface area contributed by atoms with Crippen molar-refractivity contribution >= 4 is 5.91 Å². The van der Waals surface area contributed by atoms with Gasteiger partial charge in [0.05, 0.1) is 6.61 Å². The Kier molecular flexibility index (Phi) is 6.39. The number of carbonyl (C=O) groups is 1. The summed E-state index contributed by atoms with van der Waals surface area (Å²) in [5.41, 5.74) is 7.73. The van der Waals surface area contributed by atoms with Crippen LogP contribution in [0.25, 0.3) is 0 Å². The van der Waals surface area contributed by atoms with Crippen molar-refractivity contribution in [1.29, 1.82) is 0 Å². The number of methoxy groups -OCH3 is 1. The van der Waals surface area contributed by atoms with Crippen LogP contribution in [0.4, 0.5) is 0 Å². The van der Waals surface area contributed by atoms with Gasteiger partial charge < -0.3 is 15.8 Å². The molecule has 100 valence electrons. The fraction of sp³-hybridized carbons (Fsp3) is 0.500. The minimum atomic E-state index is -0.0976. The van der Waals surface area contributed by atoms with Crippen molar-refractivity contribution in [2.75, 3.05) is 13.7 Å². The molecule has 1 atom stereocenters. The second kappa shape index (κ2) is 7.84. The number of carbonyl (C=O) groups excluding carboxylic acids is 1. The van der Waals surface area contributed by atoms with Crippen molar-refractivity contribution in [2.24, 2.45) is 11.7 Å². The third-order valence-corrected chi connectivity index (χ3v) is 3.02. The molecular formula is C14H22N2O2. The van der Waals surface area contributed by atoms with Gasteiger partial charge in [0.2, 0.25) is 5.91 Å². The summed E-state index contributed by atoms with van der Waals surface area (Å²) in [7, 11) is 1.66. The second-order valence-electron chi connectivity index (χ2n) is 4.26. The Balaban J connectivity index is 2.60. The number of ether oxygens (including phenoxy) is 1. The highest BCUT2D eigenvalue weighted by atomic mass is 16.5. The van der Waals surface area contributed by atoms with Crippen LogP contribution >= 0.6 is 0 Å². The van der Waals surface area contributed by atoms with Gasteiger partial charge in [-0.25, -0.2) is 0 Å². The lowest BCUT2D eigenvalue weighted by atomic mass is 10.1. The molecule has 0 saturated carbocycles. The molecule has 0 aliphatic rings. The number of rotatable bonds is 7. The van der Waals surface area contributed by atoms with Crippen molar-refractivity contribution in [3.05, 3.63) is 35.4 Å². The van der Waals surface area contributed by atoms with Crippen LogP contribution in [0, 0.1) is 5.92 Å². The quantitative estimate of drug-likeness (QED) is 0.769. The van der Waals surface area contributed by atoms with Crippen LogP contribution in [0.2, 0.25) is 0 Å². The maximum absolute atomic E-state index is 11.8. The summed E-state index contributed by atoms with van der Waals surface area (Å²) in [6.45, 7) is 3.44. The lowest BCUT2D eigenvalue weighted by molar-refractivity contribution is -0.124. The fourth-order valence-corrected chi connectivity index (χ4v) is 1.81. The lowest BCUT2D eigenvalue weighted by Crippen LogP contribution is -2.34. The molecule has 0 aliphatic carbocycles. The monoisotopic (exact) mass is 250 g/mol. The molecule has 1 amide bonds. The van der Waals surface area contributed by atoms with E-state index in [1.165, 1.54) is 0 Å². The molecule has 1 unspecified atom stereocenters. The maximum Gasteiger partial charge on any atom is 0.224 e. The number of hydrogen-bond donors (Lipinski definition) is 2. The molecule has 0 aliphatic heterocycles. The molecule has 4 heteroatoms. The first-order chi connectivity index (χ1) is 8.72. The SMILES string of the molecule is CCC(CN)C(=O)NCc1ccccc1COC. The molecule has 3 N–H and O–H groups in total. The van der Waals surface area contributed by atoms with Crippen LogP contribution in [-0.2, 0) is 22.7 Å². The zero-order chi connectivity index (χ0) is 13.4. The first-order valence-electron chi connectivity index (χ1n) is 6.26. The summed E-state index contributed by atoms with van der Waals surface area (Å²) >= 11 is 0. The molecule has 0 aromatic heterocycles. The predicted molar refractivity (Wildman–Crippen MR) is 71.8 cm³/mol. The standard InChI is InChI=1S/C14H22N2O2/c1-3-11(8-15)14(17)16-9-12-6-4-5-7-13(12)10-18-2/h4-7,11H,3,8-10,15H2,1-2H3,(H,16,17). The summed E-state index contributed by atoms with van der Waals surface area (Å²) in [5.74, 6) is -0.0770. The molecule has 1 aromatic carbocycles. The molecule has 0 spiro atoms. The van der Waals surface area contributed by atoms with E-state index in [1.807, 2.05) is 31.2 Å². The summed E-state index contributed by atoms with van der Waals surface area (Å²) in [4.78, 5) is 11.8. The van der Waals surface area contributed by atoms with Crippen LogP contribution in [-0.4, -0.2) is 19.6 Å². The van der Waals surface area contributed by atoms with Crippen molar-refractivity contribution in [3.8, 4) is 0 Å². The van der Waals surface area contributed by atoms with Crippen LogP contribution in [0.1, 0.15) is 24.5 Å². The number of amides is 1. The minimum absolute atomic E-state index is 0.0206. The van der Waals surface area contributed by atoms with E-state index in [9.17, 15) is 4.79 Å². The Morgan fingerprint density at radius 2 is 2.06 bits per heavy atom. The van der Waals surface area contributed by atoms with E-state index in [-0.39, 0.29) is 11.8 Å². The Morgan fingerprint density at radius 3 is 2.61 bits per heavy atom. The normalized spacial score (nSPS) is 12.2. The largest absolute Gasteiger partial charge is 0.380 e. The van der Waals surface area contributed by atoms with Gasteiger partial charge >= 0.3 is 0 Å². The highest BCUT2D eigenvalue weighted by Crippen LogP contribution is 2.10. The topological polar surface area (TPSA) is 64.4 Å². The van der Waals surface area contributed by atoms with E-state index in [1.54, 1.807) is 7.11 Å². The Bertz CT molecular complexity index is 376. The third-order valence-electron chi connectivity index (χ3n) is 3.02. The number of nitrogens with one attached hydrogen (secondary N) is 1. The average molecular weight is 250 g/mol. The highest BCUT2D eigenvalue weighted by molar-refractivity contribution is 5.78. The van der Waals surface area contributed by atoms with E-state index in [0.29, 0.717) is 19.7 Å². The zero-order valence-corrected chi connectivity index (χ0v) is 11.1. The molecule has 1 rings (SSSR count). The Morgan fingerprint density at radius 1 is 1.39 bits per heavy atom. The van der Waals surface area contributed by atoms with Crippen LogP contribution in [0.15, 0.2) is 24.3 Å². The first-order valence-corrected chi connectivity index (χ1v) is 6.26. The van der Waals surface area contributed by atoms with Crippen molar-refractivity contribution in [3.63, 3.8) is 0 Å². The zero-order valence-electron chi connectivity index (χ0n) is 11.1. The number of hydrogen-bond acceptors (Lipinski definition) is 3. The van der Waals surface area contributed by atoms with E-state index in [4.69, 9.17) is 10.5 Å². The second-order valence-corrected chi connectivity index (χ2v) is 4.26. The maximum atomic E-state index is 11.8. The van der Waals surface area contributed by atoms with Gasteiger partial charge in [-0.2, -0.15) is 0 Å². The Labute approximate surface area is 109 Å². The smallest absolute Gasteiger partial charge is 0.224 e. The molecule has 1 aromatic rings. The van der Waals surface area contributed by atoms with Gasteiger partial charge in [-0.1, -0.05) is 31.2 Å². The van der Waals surface area contributed by atoms with Gasteiger partial charge in [-0.15, -0.1) is 0 Å². The van der Waals surface area contributed by atoms with Crippen LogP contribution in [0.5, 0.6) is 0 Å². The van der Waals surface area contributed by atoms with Crippen molar-refractivity contribution < 1.29 is 9.53 Å². The van der Waals surface area contributed by atoms with E-state index >= 15 is 0 Å². The number of nitrogens with two attached hydrogens (primary N) is 1. The molecule has 0 bridgehead atoms. The van der Waals surface area contributed by atoms with Gasteiger partial charge in [0.25, 0.3) is 0 Å². The van der Waals surface area contributed by atoms with Crippen molar-refractivity contribution in [2.45, 2.75) is 26.5 Å². The fourth-order valence-electron chi connectivity index (χ4n) is 1.81. The Hall–Kier alpha value is -1.39. The summed E-state index contributed by atoms with van der Waals surface area (Å²) in [5, 5.41) is 2.93. The molecule has 4 nitrogen and oxygen atoms in total. The summed E-state index contributed by atoms with van der Waals surface area (Å²) in [6.07, 6.45) is 0.766.